The summed E-state index contributed by atoms with van der Waals surface area (Å²) in [6, 6.07) is 8.46. The van der Waals surface area contributed by atoms with E-state index in [0.29, 0.717) is 13.0 Å². The molecule has 0 aromatic heterocycles. The van der Waals surface area contributed by atoms with Gasteiger partial charge in [-0.25, -0.2) is 4.79 Å². The summed E-state index contributed by atoms with van der Waals surface area (Å²) in [5, 5.41) is 2.76. The number of fused-ring (bicyclic) bond motifs is 1. The molecule has 1 aromatic carbocycles. The van der Waals surface area contributed by atoms with E-state index >= 15 is 0 Å². The lowest BCUT2D eigenvalue weighted by Crippen LogP contribution is -2.34. The average Bonchev–Trinajstić information content (AvgIpc) is 2.56. The van der Waals surface area contributed by atoms with Crippen molar-refractivity contribution in [2.45, 2.75) is 19.4 Å². The number of benzene rings is 1. The summed E-state index contributed by atoms with van der Waals surface area (Å²) in [6.45, 7) is 3.00. The first-order valence-electron chi connectivity index (χ1n) is 7.49. The second kappa shape index (κ2) is 8.34. The molecule has 22 heavy (non-hydrogen) atoms. The van der Waals surface area contributed by atoms with Gasteiger partial charge in [0, 0.05) is 38.7 Å². The fourth-order valence-corrected chi connectivity index (χ4v) is 2.49. The van der Waals surface area contributed by atoms with Crippen molar-refractivity contribution in [2.24, 2.45) is 0 Å². The lowest BCUT2D eigenvalue weighted by molar-refractivity contribution is -0.134. The zero-order valence-electron chi connectivity index (χ0n) is 12.9. The van der Waals surface area contributed by atoms with E-state index in [1.54, 1.807) is 6.08 Å². The summed E-state index contributed by atoms with van der Waals surface area (Å²) in [6.07, 6.45) is 4.40. The van der Waals surface area contributed by atoms with Crippen molar-refractivity contribution in [3.05, 3.63) is 47.5 Å². The number of ether oxygens (including phenoxy) is 1. The minimum absolute atomic E-state index is 0.00613. The third kappa shape index (κ3) is 5.00. The number of nitrogens with zero attached hydrogens (tertiary/aromatic N) is 1. The normalized spacial score (nSPS) is 14.6. The van der Waals surface area contributed by atoms with E-state index < -0.39 is 5.97 Å². The molecule has 0 spiro atoms. The number of rotatable bonds is 6. The maximum absolute atomic E-state index is 11.8. The number of carbonyl (C=O) groups excluding carboxylic acids is 2. The predicted octanol–water partition coefficient (Wildman–Crippen LogP) is 1.28. The highest BCUT2D eigenvalue weighted by molar-refractivity contribution is 5.82. The molecule has 1 aliphatic heterocycles. The number of hydrogen-bond donors (Lipinski definition) is 1. The molecule has 0 aliphatic carbocycles. The highest BCUT2D eigenvalue weighted by Crippen LogP contribution is 2.18. The van der Waals surface area contributed by atoms with Crippen LogP contribution in [-0.4, -0.2) is 43.5 Å². The van der Waals surface area contributed by atoms with Gasteiger partial charge in [-0.15, -0.1) is 0 Å². The maximum Gasteiger partial charge on any atom is 0.330 e. The molecule has 1 heterocycles. The van der Waals surface area contributed by atoms with Gasteiger partial charge >= 0.3 is 5.97 Å². The summed E-state index contributed by atoms with van der Waals surface area (Å²) in [5.41, 5.74) is 2.77. The van der Waals surface area contributed by atoms with Crippen molar-refractivity contribution >= 4 is 11.9 Å². The topological polar surface area (TPSA) is 58.6 Å². The molecule has 0 radical (unpaired) electrons. The van der Waals surface area contributed by atoms with Crippen molar-refractivity contribution in [1.82, 2.24) is 10.2 Å². The van der Waals surface area contributed by atoms with Gasteiger partial charge in [0.25, 0.3) is 0 Å². The van der Waals surface area contributed by atoms with Crippen LogP contribution in [0, 0.1) is 0 Å². The minimum Gasteiger partial charge on any atom is -0.466 e. The third-order valence-electron chi connectivity index (χ3n) is 3.74. The molecular formula is C17H22N2O3. The molecule has 118 valence electrons. The highest BCUT2D eigenvalue weighted by Gasteiger charge is 2.15. The molecule has 0 saturated heterocycles. The Morgan fingerprint density at radius 2 is 2.09 bits per heavy atom. The van der Waals surface area contributed by atoms with Crippen LogP contribution in [0.25, 0.3) is 0 Å². The van der Waals surface area contributed by atoms with Gasteiger partial charge in [0.2, 0.25) is 5.91 Å². The van der Waals surface area contributed by atoms with Gasteiger partial charge in [0.05, 0.1) is 7.11 Å². The zero-order valence-corrected chi connectivity index (χ0v) is 12.9. The summed E-state index contributed by atoms with van der Waals surface area (Å²) in [4.78, 5) is 24.9. The molecule has 5 nitrogen and oxygen atoms in total. The van der Waals surface area contributed by atoms with Crippen LogP contribution in [0.2, 0.25) is 0 Å². The van der Waals surface area contributed by atoms with E-state index in [2.05, 4.69) is 39.2 Å². The van der Waals surface area contributed by atoms with E-state index in [1.165, 1.54) is 24.3 Å². The number of esters is 1. The van der Waals surface area contributed by atoms with Crippen LogP contribution in [-0.2, 0) is 27.3 Å². The number of amides is 1. The first-order chi connectivity index (χ1) is 10.7. The molecule has 5 heteroatoms. The van der Waals surface area contributed by atoms with Gasteiger partial charge in [0.1, 0.15) is 0 Å². The first-order valence-corrected chi connectivity index (χ1v) is 7.49. The van der Waals surface area contributed by atoms with Gasteiger partial charge < -0.3 is 10.1 Å². The Morgan fingerprint density at radius 1 is 1.32 bits per heavy atom. The second-order valence-corrected chi connectivity index (χ2v) is 5.27. The highest BCUT2D eigenvalue weighted by atomic mass is 16.5. The maximum atomic E-state index is 11.8. The summed E-state index contributed by atoms with van der Waals surface area (Å²) in [7, 11) is 1.32. The predicted molar refractivity (Wildman–Crippen MR) is 84.2 cm³/mol. The van der Waals surface area contributed by atoms with Crippen molar-refractivity contribution in [3.8, 4) is 0 Å². The number of carbonyl (C=O) groups is 2. The molecule has 1 aliphatic rings. The lowest BCUT2D eigenvalue weighted by Gasteiger charge is -2.28. The number of hydrogen-bond acceptors (Lipinski definition) is 4. The van der Waals surface area contributed by atoms with Crippen LogP contribution in [0.5, 0.6) is 0 Å². The Hall–Kier alpha value is -2.14. The molecule has 0 saturated carbocycles. The van der Waals surface area contributed by atoms with Crippen LogP contribution < -0.4 is 5.32 Å². The van der Waals surface area contributed by atoms with E-state index in [0.717, 1.165) is 26.1 Å². The lowest BCUT2D eigenvalue weighted by atomic mass is 10.00. The molecule has 2 rings (SSSR count). The largest absolute Gasteiger partial charge is 0.466 e. The Balaban J connectivity index is 1.67. The molecule has 1 aromatic rings. The van der Waals surface area contributed by atoms with Crippen LogP contribution >= 0.6 is 0 Å². The Kier molecular flexibility index (Phi) is 6.15. The quantitative estimate of drug-likeness (QED) is 0.635. The van der Waals surface area contributed by atoms with Crippen molar-refractivity contribution < 1.29 is 14.3 Å². The molecule has 0 bridgehead atoms. The van der Waals surface area contributed by atoms with E-state index in [-0.39, 0.29) is 5.91 Å². The fraction of sp³-hybridized carbons (Fsp3) is 0.412. The molecule has 1 amide bonds. The second-order valence-electron chi connectivity index (χ2n) is 5.27. The van der Waals surface area contributed by atoms with E-state index in [1.807, 2.05) is 0 Å². The van der Waals surface area contributed by atoms with Crippen LogP contribution in [0.1, 0.15) is 17.5 Å². The van der Waals surface area contributed by atoms with Crippen molar-refractivity contribution in [2.75, 3.05) is 26.7 Å². The smallest absolute Gasteiger partial charge is 0.330 e. The SMILES string of the molecule is COC(=O)/C=C/CNC(=O)CCN1CCc2ccccc2C1. The zero-order chi connectivity index (χ0) is 15.8. The first kappa shape index (κ1) is 16.2. The summed E-state index contributed by atoms with van der Waals surface area (Å²) < 4.78 is 4.47. The molecule has 1 N–H and O–H groups in total. The van der Waals surface area contributed by atoms with Gasteiger partial charge in [0.15, 0.2) is 0 Å². The van der Waals surface area contributed by atoms with Crippen LogP contribution in [0.3, 0.4) is 0 Å². The Bertz CT molecular complexity index is 555. The fourth-order valence-electron chi connectivity index (χ4n) is 2.49. The van der Waals surface area contributed by atoms with Gasteiger partial charge in [-0.1, -0.05) is 30.3 Å². The van der Waals surface area contributed by atoms with Crippen LogP contribution in [0.4, 0.5) is 0 Å². The van der Waals surface area contributed by atoms with Crippen molar-refractivity contribution in [1.29, 1.82) is 0 Å². The molecular weight excluding hydrogens is 280 g/mol. The van der Waals surface area contributed by atoms with Crippen molar-refractivity contribution in [3.63, 3.8) is 0 Å². The Morgan fingerprint density at radius 3 is 2.86 bits per heavy atom. The molecule has 0 atom stereocenters. The Labute approximate surface area is 130 Å². The van der Waals surface area contributed by atoms with E-state index in [9.17, 15) is 9.59 Å². The molecule has 0 fully saturated rings. The van der Waals surface area contributed by atoms with E-state index in [4.69, 9.17) is 0 Å². The van der Waals surface area contributed by atoms with Crippen LogP contribution in [0.15, 0.2) is 36.4 Å². The standard InChI is InChI=1S/C17H22N2O3/c1-22-17(21)7-4-10-18-16(20)9-12-19-11-8-14-5-2-3-6-15(14)13-19/h2-7H,8-13H2,1H3,(H,18,20)/b7-4+. The molecule has 0 unspecified atom stereocenters. The van der Waals surface area contributed by atoms with Gasteiger partial charge in [-0.05, 0) is 17.5 Å². The summed E-state index contributed by atoms with van der Waals surface area (Å²) >= 11 is 0. The van der Waals surface area contributed by atoms with Gasteiger partial charge in [-0.2, -0.15) is 0 Å². The monoisotopic (exact) mass is 302 g/mol. The third-order valence-corrected chi connectivity index (χ3v) is 3.74. The number of methoxy groups -OCH3 is 1. The summed E-state index contributed by atoms with van der Waals surface area (Å²) in [5.74, 6) is -0.422. The average molecular weight is 302 g/mol. The number of nitrogens with one attached hydrogen (secondary N) is 1. The van der Waals surface area contributed by atoms with Gasteiger partial charge in [-0.3, -0.25) is 9.69 Å². The minimum atomic E-state index is -0.416.